The van der Waals surface area contributed by atoms with E-state index in [2.05, 4.69) is 30.0 Å². The van der Waals surface area contributed by atoms with Gasteiger partial charge in [-0.25, -0.2) is 4.98 Å². The van der Waals surface area contributed by atoms with Gasteiger partial charge in [0, 0.05) is 18.7 Å². The van der Waals surface area contributed by atoms with Crippen molar-refractivity contribution in [1.29, 1.82) is 0 Å². The average molecular weight is 705 g/mol. The second-order valence-corrected chi connectivity index (χ2v) is 12.6. The zero-order valence-electron chi connectivity index (χ0n) is 26.2. The molecule has 2 atom stereocenters. The van der Waals surface area contributed by atoms with Crippen LogP contribution < -0.4 is 9.47 Å². The highest BCUT2D eigenvalue weighted by molar-refractivity contribution is 6.30. The number of halogens is 6. The lowest BCUT2D eigenvalue weighted by Crippen LogP contribution is -2.34. The van der Waals surface area contributed by atoms with Crippen molar-refractivity contribution >= 4 is 22.6 Å². The standard InChI is InChI=1S/C32H30ClF5N8O3/c1-17(47-30(34)35)15-46-23-14-39-22(28-42-29(44-43-28)32(36,37)38)12-21(23)41-26(46)16-45-10-8-18(9-11-45)20-4-3-5-24-27(20)49-31(2,48-24)25-7-6-19(33)13-40-25/h3-7,12-14,17-18,30H,8-11,15-16H2,1-2H3,(H,42,43,44)/t17-,31+/m1/s1. The zero-order chi connectivity index (χ0) is 34.5. The summed E-state index contributed by atoms with van der Waals surface area (Å²) in [6.45, 7) is 2.26. The molecule has 5 aromatic rings. The number of ether oxygens (including phenoxy) is 3. The number of likely N-dealkylation sites (tertiary alicyclic amines) is 1. The van der Waals surface area contributed by atoms with Crippen LogP contribution in [0.1, 0.15) is 55.5 Å². The van der Waals surface area contributed by atoms with Gasteiger partial charge in [-0.15, -0.1) is 10.2 Å². The SMILES string of the molecule is C[C@H](Cn1c(CN2CCC(c3cccc4c3O[C@@](C)(c3ccc(Cl)cn3)O4)CC2)nc2cc(-c3nnc(C(F)(F)F)[nH]3)ncc21)OC(F)F. The summed E-state index contributed by atoms with van der Waals surface area (Å²) in [5.41, 5.74) is 2.68. The van der Waals surface area contributed by atoms with Crippen molar-refractivity contribution in [2.45, 2.75) is 70.4 Å². The number of H-pyrrole nitrogens is 1. The Morgan fingerprint density at radius 3 is 2.57 bits per heavy atom. The molecule has 1 fully saturated rings. The molecule has 1 saturated heterocycles. The number of imidazole rings is 1. The van der Waals surface area contributed by atoms with E-state index in [0.717, 1.165) is 18.4 Å². The molecule has 0 bridgehead atoms. The molecule has 258 valence electrons. The highest BCUT2D eigenvalue weighted by Crippen LogP contribution is 2.49. The summed E-state index contributed by atoms with van der Waals surface area (Å²) in [6.07, 6.45) is -0.965. The van der Waals surface area contributed by atoms with E-state index in [1.54, 1.807) is 22.9 Å². The third kappa shape index (κ3) is 6.76. The van der Waals surface area contributed by atoms with Gasteiger partial charge in [0.05, 0.1) is 41.4 Å². The molecule has 1 aromatic carbocycles. The number of rotatable bonds is 9. The molecule has 49 heavy (non-hydrogen) atoms. The number of hydrogen-bond acceptors (Lipinski definition) is 9. The topological polar surface area (TPSA) is 116 Å². The van der Waals surface area contributed by atoms with Gasteiger partial charge in [-0.1, -0.05) is 23.7 Å². The van der Waals surface area contributed by atoms with Gasteiger partial charge in [0.15, 0.2) is 17.3 Å². The second-order valence-electron chi connectivity index (χ2n) is 12.2. The predicted octanol–water partition coefficient (Wildman–Crippen LogP) is 6.94. The molecule has 2 aliphatic rings. The van der Waals surface area contributed by atoms with Crippen molar-refractivity contribution in [3.8, 4) is 23.0 Å². The lowest BCUT2D eigenvalue weighted by Gasteiger charge is -2.32. The maximum Gasteiger partial charge on any atom is 0.451 e. The van der Waals surface area contributed by atoms with Crippen molar-refractivity contribution in [2.75, 3.05) is 13.1 Å². The Bertz CT molecular complexity index is 1960. The van der Waals surface area contributed by atoms with Gasteiger partial charge in [0.25, 0.3) is 5.79 Å². The maximum absolute atomic E-state index is 13.1. The third-order valence-electron chi connectivity index (χ3n) is 8.68. The second kappa shape index (κ2) is 12.8. The summed E-state index contributed by atoms with van der Waals surface area (Å²) < 4.78 is 84.5. The van der Waals surface area contributed by atoms with E-state index < -0.39 is 30.5 Å². The summed E-state index contributed by atoms with van der Waals surface area (Å²) in [6, 6.07) is 10.9. The first-order valence-corrected chi connectivity index (χ1v) is 15.9. The summed E-state index contributed by atoms with van der Waals surface area (Å²) in [5.74, 6) is -0.430. The van der Waals surface area contributed by atoms with Gasteiger partial charge in [-0.05, 0) is 63.0 Å². The van der Waals surface area contributed by atoms with Crippen LogP contribution in [-0.4, -0.2) is 65.4 Å². The van der Waals surface area contributed by atoms with Crippen LogP contribution >= 0.6 is 11.6 Å². The van der Waals surface area contributed by atoms with E-state index in [1.807, 2.05) is 25.1 Å². The summed E-state index contributed by atoms with van der Waals surface area (Å²) >= 11 is 6.03. The van der Waals surface area contributed by atoms with Gasteiger partial charge in [0.1, 0.15) is 17.2 Å². The van der Waals surface area contributed by atoms with Gasteiger partial charge < -0.3 is 23.8 Å². The van der Waals surface area contributed by atoms with Crippen LogP contribution in [0.25, 0.3) is 22.6 Å². The number of aromatic amines is 1. The number of nitrogens with zero attached hydrogens (tertiary/aromatic N) is 7. The third-order valence-corrected chi connectivity index (χ3v) is 8.91. The number of pyridine rings is 2. The van der Waals surface area contributed by atoms with E-state index in [9.17, 15) is 22.0 Å². The van der Waals surface area contributed by atoms with Crippen LogP contribution in [0.4, 0.5) is 22.0 Å². The molecule has 0 radical (unpaired) electrons. The number of nitrogens with one attached hydrogen (secondary N) is 1. The first-order chi connectivity index (χ1) is 23.4. The Kier molecular flexibility index (Phi) is 8.65. The highest BCUT2D eigenvalue weighted by Gasteiger charge is 2.42. The molecule has 0 amide bonds. The fraction of sp³-hybridized carbons (Fsp3) is 0.406. The molecule has 4 aromatic heterocycles. The van der Waals surface area contributed by atoms with Gasteiger partial charge in [0.2, 0.25) is 5.82 Å². The molecule has 0 unspecified atom stereocenters. The smallest absolute Gasteiger partial charge is 0.443 e. The predicted molar refractivity (Wildman–Crippen MR) is 166 cm³/mol. The number of fused-ring (bicyclic) bond motifs is 2. The van der Waals surface area contributed by atoms with Crippen LogP contribution in [0.15, 0.2) is 48.8 Å². The lowest BCUT2D eigenvalue weighted by molar-refractivity contribution is -0.160. The van der Waals surface area contributed by atoms with E-state index >= 15 is 0 Å². The number of aromatic nitrogens is 7. The Morgan fingerprint density at radius 2 is 1.88 bits per heavy atom. The minimum atomic E-state index is -4.70. The van der Waals surface area contributed by atoms with Crippen LogP contribution in [0.3, 0.4) is 0 Å². The Balaban J connectivity index is 1.09. The van der Waals surface area contributed by atoms with E-state index in [1.165, 1.54) is 19.2 Å². The highest BCUT2D eigenvalue weighted by atomic mass is 35.5. The van der Waals surface area contributed by atoms with Crippen molar-refractivity contribution in [3.05, 3.63) is 76.7 Å². The number of hydrogen-bond donors (Lipinski definition) is 1. The Labute approximate surface area is 281 Å². The maximum atomic E-state index is 13.1. The van der Waals surface area contributed by atoms with Crippen molar-refractivity contribution in [1.82, 2.24) is 39.6 Å². The molecule has 1 N–H and O–H groups in total. The summed E-state index contributed by atoms with van der Waals surface area (Å²) in [7, 11) is 0. The first-order valence-electron chi connectivity index (χ1n) is 15.5. The minimum Gasteiger partial charge on any atom is -0.443 e. The van der Waals surface area contributed by atoms with E-state index in [0.29, 0.717) is 58.7 Å². The van der Waals surface area contributed by atoms with Crippen molar-refractivity contribution in [2.24, 2.45) is 0 Å². The Morgan fingerprint density at radius 1 is 1.08 bits per heavy atom. The molecular weight excluding hydrogens is 675 g/mol. The van der Waals surface area contributed by atoms with Gasteiger partial charge >= 0.3 is 12.8 Å². The van der Waals surface area contributed by atoms with Crippen LogP contribution in [-0.2, 0) is 29.8 Å². The largest absolute Gasteiger partial charge is 0.451 e. The normalized spacial score (nSPS) is 19.3. The molecule has 17 heteroatoms. The number of alkyl halides is 5. The van der Waals surface area contributed by atoms with E-state index in [-0.39, 0.29) is 24.0 Å². The van der Waals surface area contributed by atoms with Gasteiger partial charge in [-0.2, -0.15) is 22.0 Å². The molecule has 0 spiro atoms. The van der Waals surface area contributed by atoms with Gasteiger partial charge in [-0.3, -0.25) is 14.9 Å². The fourth-order valence-corrected chi connectivity index (χ4v) is 6.44. The fourth-order valence-electron chi connectivity index (χ4n) is 6.33. The van der Waals surface area contributed by atoms with Crippen LogP contribution in [0.2, 0.25) is 5.02 Å². The minimum absolute atomic E-state index is 0.0585. The van der Waals surface area contributed by atoms with E-state index in [4.69, 9.17) is 30.8 Å². The number of piperidine rings is 1. The Hall–Kier alpha value is -4.41. The molecule has 11 nitrogen and oxygen atoms in total. The molecule has 0 aliphatic carbocycles. The summed E-state index contributed by atoms with van der Waals surface area (Å²) in [5, 5.41) is 7.27. The first kappa shape index (κ1) is 33.1. The number of benzene rings is 1. The van der Waals surface area contributed by atoms with Crippen LogP contribution in [0.5, 0.6) is 11.5 Å². The van der Waals surface area contributed by atoms with Crippen molar-refractivity contribution in [3.63, 3.8) is 0 Å². The van der Waals surface area contributed by atoms with Crippen molar-refractivity contribution < 1.29 is 36.2 Å². The zero-order valence-corrected chi connectivity index (χ0v) is 27.0. The summed E-state index contributed by atoms with van der Waals surface area (Å²) in [4.78, 5) is 17.8. The molecule has 6 heterocycles. The van der Waals surface area contributed by atoms with Crippen LogP contribution in [0, 0.1) is 0 Å². The molecule has 2 aliphatic heterocycles. The average Bonchev–Trinajstić information content (AvgIpc) is 3.77. The quantitative estimate of drug-likeness (QED) is 0.163. The monoisotopic (exact) mass is 704 g/mol. The lowest BCUT2D eigenvalue weighted by atomic mass is 9.88. The molecule has 0 saturated carbocycles. The number of para-hydroxylation sites is 1. The molecular formula is C32H30ClF5N8O3. The molecule has 7 rings (SSSR count).